The molecule has 0 aliphatic carbocycles. The second kappa shape index (κ2) is 10.5. The minimum absolute atomic E-state index is 0.0803. The van der Waals surface area contributed by atoms with E-state index in [-0.39, 0.29) is 23.3 Å². The Morgan fingerprint density at radius 1 is 1.15 bits per heavy atom. The molecule has 8 heteroatoms. The van der Waals surface area contributed by atoms with Crippen LogP contribution in [0.1, 0.15) is 18.4 Å². The molecule has 0 radical (unpaired) electrons. The minimum Gasteiger partial charge on any atom is -0.376 e. The lowest BCUT2D eigenvalue weighted by atomic mass is 10.2. The van der Waals surface area contributed by atoms with Crippen LogP contribution in [-0.2, 0) is 16.1 Å². The average molecular weight is 492 g/mol. The van der Waals surface area contributed by atoms with Crippen LogP contribution in [0.3, 0.4) is 0 Å². The molecule has 174 valence electrons. The highest BCUT2D eigenvalue weighted by atomic mass is 32.2. The smallest absolute Gasteiger partial charge is 0.272 e. The van der Waals surface area contributed by atoms with Crippen molar-refractivity contribution in [2.75, 3.05) is 18.9 Å². The fourth-order valence-electron chi connectivity index (χ4n) is 3.96. The van der Waals surface area contributed by atoms with E-state index in [4.69, 9.17) is 9.72 Å². The topological polar surface area (TPSA) is 73.2 Å². The zero-order valence-corrected chi connectivity index (χ0v) is 20.2. The monoisotopic (exact) mass is 491 g/mol. The summed E-state index contributed by atoms with van der Waals surface area (Å²) in [4.78, 5) is 31.8. The molecule has 1 unspecified atom stereocenters. The molecule has 1 N–H and O–H groups in total. The van der Waals surface area contributed by atoms with E-state index in [2.05, 4.69) is 5.32 Å². The van der Waals surface area contributed by atoms with Gasteiger partial charge in [-0.15, -0.1) is 11.3 Å². The SMILES string of the molecule is O=C(CSc1nc2cc(-c3ccccc3)sc2c(=O)n1Cc1ccccc1)NCC1CCCO1. The Labute approximate surface area is 206 Å². The van der Waals surface area contributed by atoms with E-state index in [1.165, 1.54) is 23.1 Å². The van der Waals surface area contributed by atoms with Crippen molar-refractivity contribution < 1.29 is 9.53 Å². The number of amides is 1. The lowest BCUT2D eigenvalue weighted by Gasteiger charge is -2.13. The molecular formula is C26H25N3O3S2. The third-order valence-electron chi connectivity index (χ3n) is 5.72. The Morgan fingerprint density at radius 3 is 2.65 bits per heavy atom. The van der Waals surface area contributed by atoms with Gasteiger partial charge in [-0.25, -0.2) is 4.98 Å². The number of benzene rings is 2. The summed E-state index contributed by atoms with van der Waals surface area (Å²) in [5.74, 6) is 0.103. The average Bonchev–Trinajstić information content (AvgIpc) is 3.55. The molecule has 1 fully saturated rings. The van der Waals surface area contributed by atoms with Crippen LogP contribution in [-0.4, -0.2) is 40.5 Å². The lowest BCUT2D eigenvalue weighted by molar-refractivity contribution is -0.119. The van der Waals surface area contributed by atoms with Gasteiger partial charge in [0.25, 0.3) is 5.56 Å². The van der Waals surface area contributed by atoms with Crippen LogP contribution in [0.15, 0.2) is 76.7 Å². The number of thioether (sulfide) groups is 1. The number of thiophene rings is 1. The Bertz CT molecular complexity index is 1330. The zero-order valence-electron chi connectivity index (χ0n) is 18.6. The second-order valence-corrected chi connectivity index (χ2v) is 10.2. The summed E-state index contributed by atoms with van der Waals surface area (Å²) in [5, 5.41) is 3.49. The van der Waals surface area contributed by atoms with Crippen molar-refractivity contribution in [3.05, 3.63) is 82.6 Å². The molecule has 2 aromatic carbocycles. The predicted molar refractivity (Wildman–Crippen MR) is 138 cm³/mol. The molecule has 1 aliphatic heterocycles. The van der Waals surface area contributed by atoms with Crippen LogP contribution in [0, 0.1) is 0 Å². The Kier molecular flexibility index (Phi) is 7.08. The molecule has 3 heterocycles. The first-order chi connectivity index (χ1) is 16.7. The van der Waals surface area contributed by atoms with E-state index < -0.39 is 0 Å². The number of fused-ring (bicyclic) bond motifs is 1. The third kappa shape index (κ3) is 5.24. The van der Waals surface area contributed by atoms with Crippen LogP contribution < -0.4 is 10.9 Å². The van der Waals surface area contributed by atoms with Crippen molar-refractivity contribution in [3.8, 4) is 10.4 Å². The van der Waals surface area contributed by atoms with Crippen LogP contribution >= 0.6 is 23.1 Å². The van der Waals surface area contributed by atoms with Gasteiger partial charge in [0.05, 0.1) is 23.9 Å². The van der Waals surface area contributed by atoms with Crippen molar-refractivity contribution in [2.24, 2.45) is 0 Å². The van der Waals surface area contributed by atoms with Gasteiger partial charge in [-0.1, -0.05) is 72.4 Å². The maximum Gasteiger partial charge on any atom is 0.272 e. The summed E-state index contributed by atoms with van der Waals surface area (Å²) in [7, 11) is 0. The molecule has 0 bridgehead atoms. The largest absolute Gasteiger partial charge is 0.376 e. The Balaban J connectivity index is 1.43. The number of hydrogen-bond donors (Lipinski definition) is 1. The van der Waals surface area contributed by atoms with Crippen molar-refractivity contribution in [1.29, 1.82) is 0 Å². The number of rotatable bonds is 8. The van der Waals surface area contributed by atoms with E-state index in [0.717, 1.165) is 35.5 Å². The lowest BCUT2D eigenvalue weighted by Crippen LogP contribution is -2.33. The Morgan fingerprint density at radius 2 is 1.91 bits per heavy atom. The van der Waals surface area contributed by atoms with Gasteiger partial charge in [-0.05, 0) is 30.0 Å². The molecule has 34 heavy (non-hydrogen) atoms. The highest BCUT2D eigenvalue weighted by Gasteiger charge is 2.19. The van der Waals surface area contributed by atoms with Crippen LogP contribution in [0.4, 0.5) is 0 Å². The minimum atomic E-state index is -0.0867. The van der Waals surface area contributed by atoms with Crippen LogP contribution in [0.25, 0.3) is 20.7 Å². The molecule has 0 spiro atoms. The normalized spacial score (nSPS) is 15.6. The van der Waals surface area contributed by atoms with E-state index in [0.29, 0.717) is 28.5 Å². The molecule has 1 amide bonds. The summed E-state index contributed by atoms with van der Waals surface area (Å²) >= 11 is 2.75. The molecule has 2 aromatic heterocycles. The zero-order chi connectivity index (χ0) is 23.3. The molecule has 1 aliphatic rings. The second-order valence-electron chi connectivity index (χ2n) is 8.19. The maximum absolute atomic E-state index is 13.5. The Hall–Kier alpha value is -2.94. The first kappa shape index (κ1) is 22.8. The maximum atomic E-state index is 13.5. The summed E-state index contributed by atoms with van der Waals surface area (Å²) in [6.45, 7) is 1.69. The first-order valence-corrected chi connectivity index (χ1v) is 13.1. The van der Waals surface area contributed by atoms with Gasteiger partial charge in [0, 0.05) is 18.0 Å². The predicted octanol–water partition coefficient (Wildman–Crippen LogP) is 4.56. The molecule has 4 aromatic rings. The fraction of sp³-hybridized carbons (Fsp3) is 0.269. The molecule has 1 atom stereocenters. The molecule has 5 rings (SSSR count). The van der Waals surface area contributed by atoms with Crippen molar-refractivity contribution in [3.63, 3.8) is 0 Å². The summed E-state index contributed by atoms with van der Waals surface area (Å²) < 4.78 is 7.88. The summed E-state index contributed by atoms with van der Waals surface area (Å²) in [5.41, 5.74) is 2.65. The van der Waals surface area contributed by atoms with E-state index in [1.54, 1.807) is 4.57 Å². The van der Waals surface area contributed by atoms with Gasteiger partial charge in [-0.2, -0.15) is 0 Å². The fourth-order valence-corrected chi connectivity index (χ4v) is 5.84. The quantitative estimate of drug-likeness (QED) is 0.289. The number of carbonyl (C=O) groups is 1. The standard InChI is InChI=1S/C26H25N3O3S2/c30-23(27-15-20-12-7-13-32-20)17-33-26-28-21-14-22(19-10-5-2-6-11-19)34-24(21)25(31)29(26)16-18-8-3-1-4-9-18/h1-6,8-11,14,20H,7,12-13,15-17H2,(H,27,30). The summed E-state index contributed by atoms with van der Waals surface area (Å²) in [6, 6.07) is 21.8. The van der Waals surface area contributed by atoms with E-state index >= 15 is 0 Å². The van der Waals surface area contributed by atoms with Gasteiger partial charge >= 0.3 is 0 Å². The van der Waals surface area contributed by atoms with E-state index in [1.807, 2.05) is 66.7 Å². The summed E-state index contributed by atoms with van der Waals surface area (Å²) in [6.07, 6.45) is 2.11. The van der Waals surface area contributed by atoms with Gasteiger partial charge < -0.3 is 10.1 Å². The number of carbonyl (C=O) groups excluding carboxylic acids is 1. The molecular weight excluding hydrogens is 466 g/mol. The van der Waals surface area contributed by atoms with Crippen molar-refractivity contribution in [1.82, 2.24) is 14.9 Å². The number of nitrogens with zero attached hydrogens (tertiary/aromatic N) is 2. The first-order valence-electron chi connectivity index (χ1n) is 11.3. The van der Waals surface area contributed by atoms with Gasteiger partial charge in [0.15, 0.2) is 5.16 Å². The highest BCUT2D eigenvalue weighted by molar-refractivity contribution is 7.99. The van der Waals surface area contributed by atoms with Crippen molar-refractivity contribution in [2.45, 2.75) is 30.6 Å². The van der Waals surface area contributed by atoms with E-state index in [9.17, 15) is 9.59 Å². The highest BCUT2D eigenvalue weighted by Crippen LogP contribution is 2.32. The van der Waals surface area contributed by atoms with Crippen LogP contribution in [0.5, 0.6) is 0 Å². The number of nitrogens with one attached hydrogen (secondary N) is 1. The van der Waals surface area contributed by atoms with Gasteiger partial charge in [-0.3, -0.25) is 14.2 Å². The van der Waals surface area contributed by atoms with Crippen LogP contribution in [0.2, 0.25) is 0 Å². The number of hydrogen-bond acceptors (Lipinski definition) is 6. The third-order valence-corrected chi connectivity index (χ3v) is 7.86. The van der Waals surface area contributed by atoms with Crippen molar-refractivity contribution >= 4 is 39.2 Å². The number of aromatic nitrogens is 2. The number of ether oxygens (including phenoxy) is 1. The molecule has 1 saturated heterocycles. The van der Waals surface area contributed by atoms with Gasteiger partial charge in [0.1, 0.15) is 4.70 Å². The van der Waals surface area contributed by atoms with Gasteiger partial charge in [0.2, 0.25) is 5.91 Å². The molecule has 0 saturated carbocycles. The molecule has 6 nitrogen and oxygen atoms in total.